The molecule has 2 atom stereocenters. The summed E-state index contributed by atoms with van der Waals surface area (Å²) in [5, 5.41) is 9.08. The number of rotatable bonds is 10. The molecule has 2 aromatic carbocycles. The minimum Gasteiger partial charge on any atom is -0.495 e. The number of likely N-dealkylation sites (tertiary alicyclic amines) is 1. The second-order valence-corrected chi connectivity index (χ2v) is 10.5. The molecule has 4 rings (SSSR count). The fourth-order valence-electron chi connectivity index (χ4n) is 4.76. The van der Waals surface area contributed by atoms with E-state index in [2.05, 4.69) is 30.8 Å². The summed E-state index contributed by atoms with van der Waals surface area (Å²) in [5.41, 5.74) is 1.88. The highest BCUT2D eigenvalue weighted by Gasteiger charge is 2.30. The molecule has 1 aromatic heterocycles. The van der Waals surface area contributed by atoms with Crippen LogP contribution >= 0.6 is 23.2 Å². The quantitative estimate of drug-likeness (QED) is 0.297. The minimum atomic E-state index is -0.332. The standard InChI is InChI=1S/C29H34Cl2N6O5/c1-6-16-8-7-9-22(25(16)27(39)32-2)42-28-19(31)14-33-29(36-28)35-21-13-18(30)17(12-23(21)40-4)26(38)34-20-10-11-37(3)15-24(20)41-5/h7-9,12-14,20,24H,6,10-11,15H2,1-5H3,(H,32,39)(H,34,38)(H,33,35,36). The first-order valence-electron chi connectivity index (χ1n) is 13.4. The lowest BCUT2D eigenvalue weighted by molar-refractivity contribution is 0.0142. The van der Waals surface area contributed by atoms with Gasteiger partial charge in [-0.1, -0.05) is 42.3 Å². The van der Waals surface area contributed by atoms with Gasteiger partial charge in [0.2, 0.25) is 11.8 Å². The van der Waals surface area contributed by atoms with Crippen molar-refractivity contribution in [1.29, 1.82) is 0 Å². The molecule has 13 heteroatoms. The van der Waals surface area contributed by atoms with Gasteiger partial charge in [0.15, 0.2) is 0 Å². The summed E-state index contributed by atoms with van der Waals surface area (Å²) in [6.45, 7) is 3.50. The molecule has 2 unspecified atom stereocenters. The lowest BCUT2D eigenvalue weighted by Gasteiger charge is -2.36. The Balaban J connectivity index is 1.57. The average Bonchev–Trinajstić information content (AvgIpc) is 2.99. The first-order valence-corrected chi connectivity index (χ1v) is 14.2. The van der Waals surface area contributed by atoms with Gasteiger partial charge in [-0.15, -0.1) is 0 Å². The van der Waals surface area contributed by atoms with Crippen molar-refractivity contribution in [1.82, 2.24) is 25.5 Å². The van der Waals surface area contributed by atoms with Crippen LogP contribution in [0.25, 0.3) is 0 Å². The van der Waals surface area contributed by atoms with Crippen molar-refractivity contribution in [2.24, 2.45) is 0 Å². The van der Waals surface area contributed by atoms with Gasteiger partial charge in [0, 0.05) is 20.7 Å². The minimum absolute atomic E-state index is 0.0412. The summed E-state index contributed by atoms with van der Waals surface area (Å²) in [6, 6.07) is 8.28. The number of halogens is 2. The van der Waals surface area contributed by atoms with Gasteiger partial charge in [-0.05, 0) is 50.2 Å². The zero-order chi connectivity index (χ0) is 30.4. The maximum Gasteiger partial charge on any atom is 0.255 e. The van der Waals surface area contributed by atoms with E-state index in [-0.39, 0.29) is 51.4 Å². The number of hydrogen-bond acceptors (Lipinski definition) is 9. The Morgan fingerprint density at radius 1 is 1.12 bits per heavy atom. The fourth-order valence-corrected chi connectivity index (χ4v) is 5.14. The number of anilines is 2. The van der Waals surface area contributed by atoms with Gasteiger partial charge in [0.05, 0.1) is 47.3 Å². The van der Waals surface area contributed by atoms with E-state index >= 15 is 0 Å². The molecule has 42 heavy (non-hydrogen) atoms. The van der Waals surface area contributed by atoms with Gasteiger partial charge in [0.1, 0.15) is 16.5 Å². The maximum absolute atomic E-state index is 13.2. The number of amides is 2. The van der Waals surface area contributed by atoms with Gasteiger partial charge in [-0.25, -0.2) is 4.98 Å². The molecule has 1 aliphatic rings. The van der Waals surface area contributed by atoms with Gasteiger partial charge in [-0.3, -0.25) is 9.59 Å². The molecule has 0 aliphatic carbocycles. The molecular weight excluding hydrogens is 583 g/mol. The molecule has 11 nitrogen and oxygen atoms in total. The SMILES string of the molecule is CCc1cccc(Oc2nc(Nc3cc(Cl)c(C(=O)NC4CCN(C)CC4OC)cc3OC)ncc2Cl)c1C(=O)NC. The zero-order valence-corrected chi connectivity index (χ0v) is 25.6. The third-order valence-corrected chi connectivity index (χ3v) is 7.60. The summed E-state index contributed by atoms with van der Waals surface area (Å²) in [4.78, 5) is 36.6. The highest BCUT2D eigenvalue weighted by Crippen LogP contribution is 2.35. The van der Waals surface area contributed by atoms with Crippen LogP contribution in [0, 0.1) is 0 Å². The van der Waals surface area contributed by atoms with E-state index < -0.39 is 0 Å². The lowest BCUT2D eigenvalue weighted by Crippen LogP contribution is -2.53. The molecule has 0 bridgehead atoms. The number of carbonyl (C=O) groups excluding carboxylic acids is 2. The number of aromatic nitrogens is 2. The summed E-state index contributed by atoms with van der Waals surface area (Å²) < 4.78 is 17.1. The third-order valence-electron chi connectivity index (χ3n) is 7.03. The largest absolute Gasteiger partial charge is 0.495 e. The number of benzene rings is 2. The van der Waals surface area contributed by atoms with Gasteiger partial charge >= 0.3 is 0 Å². The predicted molar refractivity (Wildman–Crippen MR) is 162 cm³/mol. The number of likely N-dealkylation sites (N-methyl/N-ethyl adjacent to an activating group) is 1. The highest BCUT2D eigenvalue weighted by atomic mass is 35.5. The molecule has 2 heterocycles. The van der Waals surface area contributed by atoms with E-state index in [1.807, 2.05) is 20.0 Å². The summed E-state index contributed by atoms with van der Waals surface area (Å²) >= 11 is 12.9. The molecule has 1 aliphatic heterocycles. The number of ether oxygens (including phenoxy) is 3. The Morgan fingerprint density at radius 3 is 2.60 bits per heavy atom. The molecule has 0 spiro atoms. The van der Waals surface area contributed by atoms with Crippen molar-refractivity contribution in [2.75, 3.05) is 46.7 Å². The van der Waals surface area contributed by atoms with E-state index in [0.29, 0.717) is 35.7 Å². The van der Waals surface area contributed by atoms with Crippen LogP contribution in [-0.4, -0.2) is 80.2 Å². The van der Waals surface area contributed by atoms with Crippen LogP contribution in [-0.2, 0) is 11.2 Å². The first-order chi connectivity index (χ1) is 20.2. The number of nitrogens with one attached hydrogen (secondary N) is 3. The molecule has 224 valence electrons. The highest BCUT2D eigenvalue weighted by molar-refractivity contribution is 6.34. The van der Waals surface area contributed by atoms with Crippen molar-refractivity contribution < 1.29 is 23.8 Å². The van der Waals surface area contributed by atoms with E-state index in [1.165, 1.54) is 13.3 Å². The van der Waals surface area contributed by atoms with Gasteiger partial charge in [0.25, 0.3) is 11.8 Å². The lowest BCUT2D eigenvalue weighted by atomic mass is 10.0. The molecule has 1 saturated heterocycles. The Labute approximate surface area is 254 Å². The zero-order valence-electron chi connectivity index (χ0n) is 24.1. The van der Waals surface area contributed by atoms with E-state index in [9.17, 15) is 9.59 Å². The number of carbonyl (C=O) groups is 2. The number of methoxy groups -OCH3 is 2. The molecule has 3 N–H and O–H groups in total. The molecule has 3 aromatic rings. The van der Waals surface area contributed by atoms with Crippen molar-refractivity contribution in [3.05, 3.63) is 63.3 Å². The second-order valence-electron chi connectivity index (χ2n) is 9.73. The molecular formula is C29H34Cl2N6O5. The summed E-state index contributed by atoms with van der Waals surface area (Å²) in [5.74, 6) is 0.193. The molecule has 0 saturated carbocycles. The Hall–Kier alpha value is -3.64. The second kappa shape index (κ2) is 14.0. The van der Waals surface area contributed by atoms with E-state index in [1.54, 1.807) is 38.4 Å². The third kappa shape index (κ3) is 7.04. The predicted octanol–water partition coefficient (Wildman–Crippen LogP) is 4.70. The van der Waals surface area contributed by atoms with Crippen molar-refractivity contribution in [3.63, 3.8) is 0 Å². The van der Waals surface area contributed by atoms with Crippen LogP contribution in [0.15, 0.2) is 36.5 Å². The van der Waals surface area contributed by atoms with Crippen molar-refractivity contribution >= 4 is 46.7 Å². The molecule has 2 amide bonds. The Bertz CT molecular complexity index is 1460. The number of hydrogen-bond donors (Lipinski definition) is 3. The normalized spacial score (nSPS) is 16.9. The van der Waals surface area contributed by atoms with Crippen LogP contribution in [0.2, 0.25) is 10.0 Å². The van der Waals surface area contributed by atoms with Gasteiger partial charge in [-0.2, -0.15) is 4.98 Å². The van der Waals surface area contributed by atoms with Gasteiger partial charge < -0.3 is 35.1 Å². The van der Waals surface area contributed by atoms with Crippen LogP contribution in [0.4, 0.5) is 11.6 Å². The van der Waals surface area contributed by atoms with Crippen molar-refractivity contribution in [2.45, 2.75) is 31.9 Å². The average molecular weight is 618 g/mol. The smallest absolute Gasteiger partial charge is 0.255 e. The maximum atomic E-state index is 13.2. The Kier molecular flexibility index (Phi) is 10.4. The number of piperidine rings is 1. The Morgan fingerprint density at radius 2 is 1.90 bits per heavy atom. The summed E-state index contributed by atoms with van der Waals surface area (Å²) in [6.07, 6.45) is 2.62. The molecule has 0 radical (unpaired) electrons. The number of nitrogens with zero attached hydrogens (tertiary/aromatic N) is 3. The summed E-state index contributed by atoms with van der Waals surface area (Å²) in [7, 11) is 6.68. The van der Waals surface area contributed by atoms with Crippen LogP contribution < -0.4 is 25.4 Å². The van der Waals surface area contributed by atoms with Crippen molar-refractivity contribution in [3.8, 4) is 17.4 Å². The molecule has 1 fully saturated rings. The van der Waals surface area contributed by atoms with E-state index in [0.717, 1.165) is 18.5 Å². The van der Waals surface area contributed by atoms with Crippen LogP contribution in [0.1, 0.15) is 39.6 Å². The fraction of sp³-hybridized carbons (Fsp3) is 0.379. The van der Waals surface area contributed by atoms with Crippen LogP contribution in [0.3, 0.4) is 0 Å². The number of aryl methyl sites for hydroxylation is 1. The topological polar surface area (TPSA) is 127 Å². The first kappa shape index (κ1) is 31.3. The van der Waals surface area contributed by atoms with E-state index in [4.69, 9.17) is 37.4 Å². The van der Waals surface area contributed by atoms with Crippen LogP contribution in [0.5, 0.6) is 17.4 Å². The monoisotopic (exact) mass is 616 g/mol.